The fourth-order valence-corrected chi connectivity index (χ4v) is 1.71. The highest BCUT2D eigenvalue weighted by molar-refractivity contribution is 7.07. The molecule has 0 atom stereocenters. The number of amides is 1. The van der Waals surface area contributed by atoms with Crippen LogP contribution in [-0.2, 0) is 0 Å². The molecular weight excluding hydrogens is 267 g/mol. The van der Waals surface area contributed by atoms with Gasteiger partial charge < -0.3 is 11.1 Å². The molecule has 7 heteroatoms. The minimum absolute atomic E-state index is 0.163. The van der Waals surface area contributed by atoms with E-state index < -0.39 is 5.82 Å². The van der Waals surface area contributed by atoms with Gasteiger partial charge in [-0.3, -0.25) is 4.79 Å². The average Bonchev–Trinajstić information content (AvgIpc) is 2.92. The lowest BCUT2D eigenvalue weighted by Gasteiger charge is -2.03. The summed E-state index contributed by atoms with van der Waals surface area (Å²) in [6.45, 7) is 0.163. The molecule has 96 valence electrons. The lowest BCUT2D eigenvalue weighted by atomic mass is 10.2. The average molecular weight is 276 g/mol. The van der Waals surface area contributed by atoms with Crippen LogP contribution in [0.25, 0.3) is 0 Å². The number of hydrogen-bond acceptors (Lipinski definition) is 5. The Morgan fingerprint density at radius 3 is 3.00 bits per heavy atom. The maximum atomic E-state index is 13.6. The van der Waals surface area contributed by atoms with Crippen molar-refractivity contribution in [1.82, 2.24) is 9.59 Å². The summed E-state index contributed by atoms with van der Waals surface area (Å²) in [4.78, 5) is 12.0. The fourth-order valence-electron chi connectivity index (χ4n) is 1.30. The van der Waals surface area contributed by atoms with Gasteiger partial charge in [0.2, 0.25) is 0 Å². The SMILES string of the molecule is NCC#Cc1ccc(NC(=O)c2cnns2)cc1F. The predicted octanol–water partition coefficient (Wildman–Crippen LogP) is 1.24. The molecule has 1 aromatic heterocycles. The van der Waals surface area contributed by atoms with Gasteiger partial charge in [0, 0.05) is 5.69 Å². The zero-order valence-electron chi connectivity index (χ0n) is 9.68. The van der Waals surface area contributed by atoms with E-state index in [1.54, 1.807) is 6.07 Å². The van der Waals surface area contributed by atoms with Crippen LogP contribution in [0.2, 0.25) is 0 Å². The van der Waals surface area contributed by atoms with Crippen LogP contribution in [0, 0.1) is 17.7 Å². The van der Waals surface area contributed by atoms with Crippen molar-refractivity contribution >= 4 is 23.1 Å². The highest BCUT2D eigenvalue weighted by Crippen LogP contribution is 2.15. The van der Waals surface area contributed by atoms with E-state index in [1.807, 2.05) is 0 Å². The molecule has 1 amide bonds. The van der Waals surface area contributed by atoms with Crippen molar-refractivity contribution in [3.8, 4) is 11.8 Å². The summed E-state index contributed by atoms with van der Waals surface area (Å²) in [5.41, 5.74) is 5.79. The number of carbonyl (C=O) groups is 1. The molecule has 1 aromatic carbocycles. The lowest BCUT2D eigenvalue weighted by Crippen LogP contribution is -2.10. The second kappa shape index (κ2) is 6.04. The Morgan fingerprint density at radius 2 is 2.37 bits per heavy atom. The maximum absolute atomic E-state index is 13.6. The molecule has 2 aromatic rings. The maximum Gasteiger partial charge on any atom is 0.269 e. The van der Waals surface area contributed by atoms with Crippen LogP contribution in [0.3, 0.4) is 0 Å². The van der Waals surface area contributed by atoms with Gasteiger partial charge in [0.15, 0.2) is 0 Å². The molecular formula is C12H9FN4OS. The zero-order valence-corrected chi connectivity index (χ0v) is 10.5. The molecule has 0 aliphatic rings. The summed E-state index contributed by atoms with van der Waals surface area (Å²) < 4.78 is 17.2. The Labute approximate surface area is 112 Å². The number of aromatic nitrogens is 2. The second-order valence-electron chi connectivity index (χ2n) is 3.44. The van der Waals surface area contributed by atoms with E-state index in [4.69, 9.17) is 5.73 Å². The van der Waals surface area contributed by atoms with Gasteiger partial charge in [-0.1, -0.05) is 16.3 Å². The molecule has 2 rings (SSSR count). The first-order valence-corrected chi connectivity index (χ1v) is 6.05. The molecule has 0 fully saturated rings. The molecule has 0 aliphatic heterocycles. The fraction of sp³-hybridized carbons (Fsp3) is 0.0833. The minimum Gasteiger partial charge on any atom is -0.321 e. The summed E-state index contributed by atoms with van der Waals surface area (Å²) in [5.74, 6) is 4.27. The predicted molar refractivity (Wildman–Crippen MR) is 70.2 cm³/mol. The van der Waals surface area contributed by atoms with E-state index in [0.29, 0.717) is 10.6 Å². The molecule has 0 unspecified atom stereocenters. The van der Waals surface area contributed by atoms with Crippen molar-refractivity contribution in [2.24, 2.45) is 5.73 Å². The smallest absolute Gasteiger partial charge is 0.269 e. The van der Waals surface area contributed by atoms with Crippen LogP contribution in [0.4, 0.5) is 10.1 Å². The normalized spacial score (nSPS) is 9.58. The third-order valence-electron chi connectivity index (χ3n) is 2.14. The van der Waals surface area contributed by atoms with Crippen LogP contribution in [-0.4, -0.2) is 22.0 Å². The molecule has 1 heterocycles. The van der Waals surface area contributed by atoms with Gasteiger partial charge in [-0.15, -0.1) is 5.10 Å². The van der Waals surface area contributed by atoms with Gasteiger partial charge in [-0.05, 0) is 29.7 Å². The lowest BCUT2D eigenvalue weighted by molar-refractivity contribution is 0.103. The second-order valence-corrected chi connectivity index (χ2v) is 4.22. The first kappa shape index (κ1) is 13.1. The van der Waals surface area contributed by atoms with Crippen molar-refractivity contribution < 1.29 is 9.18 Å². The number of nitrogens with two attached hydrogens (primary N) is 1. The summed E-state index contributed by atoms with van der Waals surface area (Å²) in [6.07, 6.45) is 1.34. The number of hydrogen-bond donors (Lipinski definition) is 2. The summed E-state index contributed by atoms with van der Waals surface area (Å²) >= 11 is 0.966. The number of anilines is 1. The van der Waals surface area contributed by atoms with Crippen LogP contribution < -0.4 is 11.1 Å². The van der Waals surface area contributed by atoms with Crippen molar-refractivity contribution in [3.63, 3.8) is 0 Å². The number of halogens is 1. The topological polar surface area (TPSA) is 80.9 Å². The third kappa shape index (κ3) is 3.34. The van der Waals surface area contributed by atoms with E-state index >= 15 is 0 Å². The van der Waals surface area contributed by atoms with Gasteiger partial charge >= 0.3 is 0 Å². The molecule has 0 radical (unpaired) electrons. The molecule has 0 bridgehead atoms. The number of benzene rings is 1. The molecule has 5 nitrogen and oxygen atoms in total. The molecule has 3 N–H and O–H groups in total. The highest BCUT2D eigenvalue weighted by Gasteiger charge is 2.09. The number of carbonyl (C=O) groups excluding carboxylic acids is 1. The highest BCUT2D eigenvalue weighted by atomic mass is 32.1. The van der Waals surface area contributed by atoms with E-state index in [2.05, 4.69) is 26.7 Å². The number of nitrogens with zero attached hydrogens (tertiary/aromatic N) is 2. The van der Waals surface area contributed by atoms with E-state index in [0.717, 1.165) is 11.5 Å². The van der Waals surface area contributed by atoms with Crippen molar-refractivity contribution in [2.75, 3.05) is 11.9 Å². The zero-order chi connectivity index (χ0) is 13.7. The van der Waals surface area contributed by atoms with E-state index in [-0.39, 0.29) is 18.0 Å². The molecule has 0 spiro atoms. The Bertz CT molecular complexity index is 645. The van der Waals surface area contributed by atoms with Gasteiger partial charge in [-0.2, -0.15) is 0 Å². The third-order valence-corrected chi connectivity index (χ3v) is 2.80. The van der Waals surface area contributed by atoms with Crippen molar-refractivity contribution in [3.05, 3.63) is 40.7 Å². The molecule has 0 aliphatic carbocycles. The Morgan fingerprint density at radius 1 is 1.53 bits per heavy atom. The van der Waals surface area contributed by atoms with Crippen molar-refractivity contribution in [1.29, 1.82) is 0 Å². The Balaban J connectivity index is 2.14. The standard InChI is InChI=1S/C12H9FN4OS/c13-10-6-9(4-3-8(10)2-1-5-14)16-12(18)11-7-15-17-19-11/h3-4,6-7H,5,14H2,(H,16,18). The number of rotatable bonds is 2. The Kier molecular flexibility index (Phi) is 4.18. The summed E-state index contributed by atoms with van der Waals surface area (Å²) in [6, 6.07) is 4.25. The van der Waals surface area contributed by atoms with Gasteiger partial charge in [0.25, 0.3) is 5.91 Å². The quantitative estimate of drug-likeness (QED) is 0.809. The van der Waals surface area contributed by atoms with Gasteiger partial charge in [0.1, 0.15) is 10.7 Å². The van der Waals surface area contributed by atoms with Crippen molar-refractivity contribution in [2.45, 2.75) is 0 Å². The molecule has 0 saturated heterocycles. The Hall–Kier alpha value is -2.30. The van der Waals surface area contributed by atoms with Gasteiger partial charge in [0.05, 0.1) is 18.3 Å². The largest absolute Gasteiger partial charge is 0.321 e. The first-order valence-electron chi connectivity index (χ1n) is 5.28. The summed E-state index contributed by atoms with van der Waals surface area (Å²) in [7, 11) is 0. The first-order chi connectivity index (χ1) is 9.20. The monoisotopic (exact) mass is 276 g/mol. The van der Waals surface area contributed by atoms with E-state index in [1.165, 1.54) is 18.3 Å². The number of nitrogens with one attached hydrogen (secondary N) is 1. The minimum atomic E-state index is -0.513. The summed E-state index contributed by atoms with van der Waals surface area (Å²) in [5, 5.41) is 6.10. The van der Waals surface area contributed by atoms with Crippen LogP contribution in [0.15, 0.2) is 24.4 Å². The van der Waals surface area contributed by atoms with Crippen LogP contribution >= 0.6 is 11.5 Å². The van der Waals surface area contributed by atoms with Crippen LogP contribution in [0.5, 0.6) is 0 Å². The van der Waals surface area contributed by atoms with Crippen LogP contribution in [0.1, 0.15) is 15.2 Å². The van der Waals surface area contributed by atoms with E-state index in [9.17, 15) is 9.18 Å². The van der Waals surface area contributed by atoms with Gasteiger partial charge in [-0.25, -0.2) is 4.39 Å². The molecule has 0 saturated carbocycles. The molecule has 19 heavy (non-hydrogen) atoms.